The summed E-state index contributed by atoms with van der Waals surface area (Å²) in [5.74, 6) is 7.44. The molecule has 8 unspecified atom stereocenters. The second kappa shape index (κ2) is 11.8. The van der Waals surface area contributed by atoms with Crippen LogP contribution in [0.3, 0.4) is 0 Å². The monoisotopic (exact) mass is 466 g/mol. The van der Waals surface area contributed by atoms with Crippen LogP contribution in [0.2, 0.25) is 0 Å². The summed E-state index contributed by atoms with van der Waals surface area (Å²) < 4.78 is 0. The number of hydrogen-bond donors (Lipinski definition) is 0. The minimum Gasteiger partial charge on any atom is -0.296 e. The SMILES string of the molecule is CCC(C)C1CCC2C3CCC4CC(CC)(CC)CCC4C3CCC12C.CN=C/C=C(\C)C#N. The Morgan fingerprint density at radius 1 is 1.00 bits per heavy atom. The maximum Gasteiger partial charge on any atom is 0.0944 e. The van der Waals surface area contributed by atoms with E-state index in [-0.39, 0.29) is 0 Å². The van der Waals surface area contributed by atoms with Crippen LogP contribution < -0.4 is 0 Å². The smallest absolute Gasteiger partial charge is 0.0944 e. The maximum atomic E-state index is 8.18. The van der Waals surface area contributed by atoms with Crippen LogP contribution in [0, 0.1) is 63.6 Å². The van der Waals surface area contributed by atoms with E-state index in [0.717, 1.165) is 41.4 Å². The van der Waals surface area contributed by atoms with Gasteiger partial charge in [0, 0.05) is 18.8 Å². The van der Waals surface area contributed by atoms with Crippen molar-refractivity contribution in [3.63, 3.8) is 0 Å². The molecule has 0 N–H and O–H groups in total. The molecule has 4 saturated carbocycles. The first kappa shape index (κ1) is 27.5. The van der Waals surface area contributed by atoms with Crippen molar-refractivity contribution in [1.82, 2.24) is 0 Å². The largest absolute Gasteiger partial charge is 0.296 e. The van der Waals surface area contributed by atoms with Gasteiger partial charge in [-0.3, -0.25) is 4.99 Å². The van der Waals surface area contributed by atoms with E-state index in [2.05, 4.69) is 39.6 Å². The van der Waals surface area contributed by atoms with Crippen LogP contribution in [0.15, 0.2) is 16.6 Å². The molecule has 0 aromatic carbocycles. The highest BCUT2D eigenvalue weighted by molar-refractivity contribution is 5.72. The van der Waals surface area contributed by atoms with Crippen molar-refractivity contribution in [2.24, 2.45) is 57.2 Å². The molecule has 0 aromatic heterocycles. The lowest BCUT2D eigenvalue weighted by Gasteiger charge is -2.58. The zero-order valence-electron chi connectivity index (χ0n) is 23.6. The molecule has 0 spiro atoms. The third kappa shape index (κ3) is 5.34. The van der Waals surface area contributed by atoms with Crippen molar-refractivity contribution >= 4 is 6.21 Å². The number of fused-ring (bicyclic) bond motifs is 5. The van der Waals surface area contributed by atoms with Gasteiger partial charge < -0.3 is 0 Å². The number of hydrogen-bond acceptors (Lipinski definition) is 2. The molecule has 0 aromatic rings. The molecule has 34 heavy (non-hydrogen) atoms. The Kier molecular flexibility index (Phi) is 9.50. The molecular formula is C32H54N2. The highest BCUT2D eigenvalue weighted by Gasteiger charge is 2.58. The van der Waals surface area contributed by atoms with Crippen LogP contribution in [-0.2, 0) is 0 Å². The van der Waals surface area contributed by atoms with Gasteiger partial charge in [-0.15, -0.1) is 0 Å². The molecule has 0 amide bonds. The van der Waals surface area contributed by atoms with E-state index in [1.165, 1.54) is 19.3 Å². The number of aliphatic imine (C=N–C) groups is 1. The van der Waals surface area contributed by atoms with E-state index in [0.29, 0.717) is 16.4 Å². The van der Waals surface area contributed by atoms with Gasteiger partial charge in [0.05, 0.1) is 6.07 Å². The quantitative estimate of drug-likeness (QED) is 0.294. The minimum absolute atomic E-state index is 0.676. The molecule has 8 atom stereocenters. The molecular weight excluding hydrogens is 412 g/mol. The van der Waals surface area contributed by atoms with Gasteiger partial charge >= 0.3 is 0 Å². The van der Waals surface area contributed by atoms with E-state index < -0.39 is 0 Å². The van der Waals surface area contributed by atoms with Gasteiger partial charge in [0.25, 0.3) is 0 Å². The summed E-state index contributed by atoms with van der Waals surface area (Å²) in [6.07, 6.45) is 21.6. The molecule has 4 rings (SSSR count). The molecule has 4 fully saturated rings. The van der Waals surface area contributed by atoms with E-state index >= 15 is 0 Å². The summed E-state index contributed by atoms with van der Waals surface area (Å²) in [6.45, 7) is 14.4. The minimum atomic E-state index is 0.676. The predicted octanol–water partition coefficient (Wildman–Crippen LogP) is 9.26. The van der Waals surface area contributed by atoms with Crippen LogP contribution >= 0.6 is 0 Å². The first-order chi connectivity index (χ1) is 16.3. The Bertz CT molecular complexity index is 753. The lowest BCUT2D eigenvalue weighted by Crippen LogP contribution is -2.50. The fourth-order valence-electron chi connectivity index (χ4n) is 9.44. The molecule has 0 bridgehead atoms. The standard InChI is InChI=1S/C26H46.C6H8N2/c1-6-18(4)23-11-12-24-22-10-9-19-17-26(7-2,8-3)16-14-20(19)21(22)13-15-25(23,24)5;1-6(5-7)3-4-8-2/h18-24H,6-17H2,1-5H3;3-4H,1-2H3/b;6-3+,8-4?. The Labute approximate surface area is 212 Å². The fourth-order valence-corrected chi connectivity index (χ4v) is 9.44. The number of nitriles is 1. The molecule has 2 heteroatoms. The molecule has 0 aliphatic heterocycles. The van der Waals surface area contributed by atoms with Crippen LogP contribution in [-0.4, -0.2) is 13.3 Å². The highest BCUT2D eigenvalue weighted by Crippen LogP contribution is 2.66. The van der Waals surface area contributed by atoms with Gasteiger partial charge in [-0.2, -0.15) is 5.26 Å². The molecule has 192 valence electrons. The molecule has 0 saturated heterocycles. The van der Waals surface area contributed by atoms with Gasteiger partial charge in [-0.25, -0.2) is 0 Å². The first-order valence-electron chi connectivity index (χ1n) is 14.8. The van der Waals surface area contributed by atoms with Crippen LogP contribution in [0.4, 0.5) is 0 Å². The number of allylic oxidation sites excluding steroid dienone is 2. The molecule has 4 aliphatic carbocycles. The fraction of sp³-hybridized carbons (Fsp3) is 0.875. The summed E-state index contributed by atoms with van der Waals surface area (Å²) in [5, 5.41) is 8.18. The molecule has 0 heterocycles. The van der Waals surface area contributed by atoms with Crippen molar-refractivity contribution in [2.45, 2.75) is 119 Å². The Morgan fingerprint density at radius 3 is 2.32 bits per heavy atom. The highest BCUT2D eigenvalue weighted by atomic mass is 14.6. The number of nitrogens with zero attached hydrogens (tertiary/aromatic N) is 2. The van der Waals surface area contributed by atoms with Crippen molar-refractivity contribution < 1.29 is 0 Å². The Balaban J connectivity index is 0.000000350. The lowest BCUT2D eigenvalue weighted by molar-refractivity contribution is -0.0857. The summed E-state index contributed by atoms with van der Waals surface area (Å²) in [7, 11) is 1.67. The molecule has 4 aliphatic rings. The number of rotatable bonds is 5. The Morgan fingerprint density at radius 2 is 1.71 bits per heavy atom. The maximum absolute atomic E-state index is 8.18. The summed E-state index contributed by atoms with van der Waals surface area (Å²) in [6, 6.07) is 1.97. The van der Waals surface area contributed by atoms with Crippen molar-refractivity contribution in [3.8, 4) is 6.07 Å². The normalized spacial score (nSPS) is 39.8. The average molecular weight is 467 g/mol. The second-order valence-corrected chi connectivity index (χ2v) is 12.9. The van der Waals surface area contributed by atoms with Crippen LogP contribution in [0.5, 0.6) is 0 Å². The van der Waals surface area contributed by atoms with Crippen molar-refractivity contribution in [2.75, 3.05) is 7.05 Å². The molecule has 0 radical (unpaired) electrons. The second-order valence-electron chi connectivity index (χ2n) is 12.9. The topological polar surface area (TPSA) is 36.1 Å². The van der Waals surface area contributed by atoms with Gasteiger partial charge in [-0.1, -0.05) is 53.9 Å². The zero-order valence-corrected chi connectivity index (χ0v) is 23.6. The van der Waals surface area contributed by atoms with Crippen molar-refractivity contribution in [3.05, 3.63) is 11.6 Å². The summed E-state index contributed by atoms with van der Waals surface area (Å²) >= 11 is 0. The first-order valence-corrected chi connectivity index (χ1v) is 14.8. The summed E-state index contributed by atoms with van der Waals surface area (Å²) in [4.78, 5) is 3.67. The third-order valence-electron chi connectivity index (χ3n) is 11.8. The van der Waals surface area contributed by atoms with E-state index in [4.69, 9.17) is 5.26 Å². The van der Waals surface area contributed by atoms with Gasteiger partial charge in [0.1, 0.15) is 0 Å². The van der Waals surface area contributed by atoms with Crippen LogP contribution in [0.1, 0.15) is 119 Å². The van der Waals surface area contributed by atoms with Gasteiger partial charge in [0.2, 0.25) is 0 Å². The van der Waals surface area contributed by atoms with E-state index in [1.807, 2.05) is 6.07 Å². The van der Waals surface area contributed by atoms with Crippen LogP contribution in [0.25, 0.3) is 0 Å². The van der Waals surface area contributed by atoms with Gasteiger partial charge in [0.15, 0.2) is 0 Å². The lowest BCUT2D eigenvalue weighted by atomic mass is 9.47. The predicted molar refractivity (Wildman–Crippen MR) is 147 cm³/mol. The zero-order chi connectivity index (χ0) is 24.9. The Hall–Kier alpha value is -1.10. The van der Waals surface area contributed by atoms with Crippen molar-refractivity contribution in [1.29, 1.82) is 5.26 Å². The average Bonchev–Trinajstić information content (AvgIpc) is 3.23. The third-order valence-corrected chi connectivity index (χ3v) is 11.8. The van der Waals surface area contributed by atoms with E-state index in [9.17, 15) is 0 Å². The summed E-state index contributed by atoms with van der Waals surface area (Å²) in [5.41, 5.74) is 2.08. The molecule has 2 nitrogen and oxygen atoms in total. The van der Waals surface area contributed by atoms with Gasteiger partial charge in [-0.05, 0) is 123 Å². The van der Waals surface area contributed by atoms with E-state index in [1.54, 1.807) is 84.0 Å².